The van der Waals surface area contributed by atoms with E-state index in [1.165, 1.54) is 0 Å². The van der Waals surface area contributed by atoms with Gasteiger partial charge in [-0.1, -0.05) is 12.1 Å². The Morgan fingerprint density at radius 3 is 2.43 bits per heavy atom. The van der Waals surface area contributed by atoms with E-state index in [1.807, 2.05) is 30.9 Å². The van der Waals surface area contributed by atoms with Crippen molar-refractivity contribution in [2.75, 3.05) is 45.2 Å². The average molecular weight is 417 g/mol. The topological polar surface area (TPSA) is 87.9 Å². The van der Waals surface area contributed by atoms with E-state index in [4.69, 9.17) is 10.5 Å². The van der Waals surface area contributed by atoms with Crippen molar-refractivity contribution in [3.05, 3.63) is 29.3 Å². The van der Waals surface area contributed by atoms with Gasteiger partial charge in [0.1, 0.15) is 0 Å². The minimum Gasteiger partial charge on any atom is -0.385 e. The summed E-state index contributed by atoms with van der Waals surface area (Å²) in [5, 5.41) is 3.07. The summed E-state index contributed by atoms with van der Waals surface area (Å²) in [6, 6.07) is 6.54. The number of urea groups is 1. The molecule has 0 aliphatic carbocycles. The molecule has 2 aliphatic heterocycles. The number of hydrogen-bond acceptors (Lipinski definition) is 4. The number of hydrogen-bond donors (Lipinski definition) is 2. The summed E-state index contributed by atoms with van der Waals surface area (Å²) in [7, 11) is 1.66. The summed E-state index contributed by atoms with van der Waals surface area (Å²) in [6.45, 7) is 7.87. The predicted octanol–water partition coefficient (Wildman–Crippen LogP) is 2.90. The van der Waals surface area contributed by atoms with Crippen LogP contribution < -0.4 is 11.1 Å². The van der Waals surface area contributed by atoms with Crippen LogP contribution in [-0.4, -0.2) is 67.7 Å². The molecule has 0 saturated carbocycles. The van der Waals surface area contributed by atoms with Crippen molar-refractivity contribution in [2.45, 2.75) is 52.0 Å². The van der Waals surface area contributed by atoms with Gasteiger partial charge in [0.25, 0.3) is 0 Å². The summed E-state index contributed by atoms with van der Waals surface area (Å²) in [5.74, 6) is -0.197. The van der Waals surface area contributed by atoms with Gasteiger partial charge in [0, 0.05) is 38.5 Å². The lowest BCUT2D eigenvalue weighted by Gasteiger charge is -2.45. The second-order valence-corrected chi connectivity index (χ2v) is 8.89. The van der Waals surface area contributed by atoms with Crippen LogP contribution in [0, 0.1) is 19.3 Å². The summed E-state index contributed by atoms with van der Waals surface area (Å²) >= 11 is 0. The molecule has 3 amide bonds. The zero-order valence-electron chi connectivity index (χ0n) is 18.6. The van der Waals surface area contributed by atoms with Crippen LogP contribution in [-0.2, 0) is 9.53 Å². The van der Waals surface area contributed by atoms with Crippen molar-refractivity contribution in [1.29, 1.82) is 0 Å². The molecule has 3 N–H and O–H groups in total. The second-order valence-electron chi connectivity index (χ2n) is 8.89. The summed E-state index contributed by atoms with van der Waals surface area (Å²) in [6.07, 6.45) is 4.20. The van der Waals surface area contributed by atoms with Gasteiger partial charge in [-0.15, -0.1) is 0 Å². The molecule has 0 bridgehead atoms. The third-order valence-electron chi connectivity index (χ3n) is 6.97. The second kappa shape index (κ2) is 9.79. The number of piperidine rings is 2. The van der Waals surface area contributed by atoms with Crippen molar-refractivity contribution >= 4 is 17.6 Å². The third kappa shape index (κ3) is 5.13. The van der Waals surface area contributed by atoms with Crippen molar-refractivity contribution in [1.82, 2.24) is 9.80 Å². The number of carbonyl (C=O) groups is 2. The summed E-state index contributed by atoms with van der Waals surface area (Å²) < 4.78 is 5.19. The first kappa shape index (κ1) is 22.6. The number of likely N-dealkylation sites (tertiary alicyclic amines) is 2. The molecular formula is C23H36N4O3. The minimum atomic E-state index is -0.432. The third-order valence-corrected chi connectivity index (χ3v) is 6.97. The van der Waals surface area contributed by atoms with E-state index in [1.54, 1.807) is 7.11 Å². The Bertz CT molecular complexity index is 751. The largest absolute Gasteiger partial charge is 0.385 e. The Kier molecular flexibility index (Phi) is 7.36. The van der Waals surface area contributed by atoms with E-state index in [2.05, 4.69) is 16.3 Å². The van der Waals surface area contributed by atoms with E-state index in [0.29, 0.717) is 19.1 Å². The van der Waals surface area contributed by atoms with E-state index < -0.39 is 5.41 Å². The maximum Gasteiger partial charge on any atom is 0.321 e. The zero-order valence-corrected chi connectivity index (χ0v) is 18.6. The Labute approximate surface area is 179 Å². The standard InChI is InChI=1S/C23H36N4O3/c1-17-4-5-18(2)20(16-17)25-22(29)27-11-6-19(7-12-27)26-13-8-23(9-14-26,21(24)28)10-15-30-3/h4-5,16,19H,6-15H2,1-3H3,(H2,24,28)(H,25,29). The number of rotatable bonds is 6. The molecule has 2 aliphatic rings. The number of benzene rings is 1. The molecule has 7 heteroatoms. The van der Waals surface area contributed by atoms with Crippen LogP contribution >= 0.6 is 0 Å². The van der Waals surface area contributed by atoms with Crippen LogP contribution in [0.3, 0.4) is 0 Å². The molecule has 30 heavy (non-hydrogen) atoms. The van der Waals surface area contributed by atoms with Crippen LogP contribution in [0.5, 0.6) is 0 Å². The van der Waals surface area contributed by atoms with Gasteiger partial charge in [0.05, 0.1) is 5.41 Å². The molecular weight excluding hydrogens is 380 g/mol. The van der Waals surface area contributed by atoms with Gasteiger partial charge in [0.15, 0.2) is 0 Å². The fraction of sp³-hybridized carbons (Fsp3) is 0.652. The minimum absolute atomic E-state index is 0.0203. The Balaban J connectivity index is 1.49. The fourth-order valence-corrected chi connectivity index (χ4v) is 4.73. The van der Waals surface area contributed by atoms with Gasteiger partial charge in [-0.25, -0.2) is 4.79 Å². The maximum atomic E-state index is 12.7. The number of primary amides is 1. The van der Waals surface area contributed by atoms with Crippen molar-refractivity contribution in [2.24, 2.45) is 11.1 Å². The molecule has 0 aromatic heterocycles. The molecule has 166 valence electrons. The van der Waals surface area contributed by atoms with Gasteiger partial charge in [-0.05, 0) is 76.2 Å². The first-order valence-electron chi connectivity index (χ1n) is 11.0. The Morgan fingerprint density at radius 1 is 1.17 bits per heavy atom. The van der Waals surface area contributed by atoms with Gasteiger partial charge < -0.3 is 25.6 Å². The maximum absolute atomic E-state index is 12.7. The smallest absolute Gasteiger partial charge is 0.321 e. The van der Waals surface area contributed by atoms with Crippen LogP contribution in [0.4, 0.5) is 10.5 Å². The van der Waals surface area contributed by atoms with Crippen LogP contribution in [0.15, 0.2) is 18.2 Å². The number of carbonyl (C=O) groups excluding carboxylic acids is 2. The van der Waals surface area contributed by atoms with Gasteiger partial charge >= 0.3 is 6.03 Å². The number of nitrogens with zero attached hydrogens (tertiary/aromatic N) is 2. The lowest BCUT2D eigenvalue weighted by atomic mass is 9.74. The molecule has 2 saturated heterocycles. The van der Waals surface area contributed by atoms with Crippen LogP contribution in [0.25, 0.3) is 0 Å². The molecule has 0 atom stereocenters. The van der Waals surface area contributed by atoms with Crippen molar-refractivity contribution in [3.63, 3.8) is 0 Å². The quantitative estimate of drug-likeness (QED) is 0.746. The predicted molar refractivity (Wildman–Crippen MR) is 118 cm³/mol. The summed E-state index contributed by atoms with van der Waals surface area (Å²) in [4.78, 5) is 29.2. The molecule has 7 nitrogen and oxygen atoms in total. The van der Waals surface area contributed by atoms with Crippen molar-refractivity contribution < 1.29 is 14.3 Å². The monoisotopic (exact) mass is 416 g/mol. The van der Waals surface area contributed by atoms with E-state index in [-0.39, 0.29) is 11.9 Å². The van der Waals surface area contributed by atoms with E-state index >= 15 is 0 Å². The molecule has 1 aromatic carbocycles. The van der Waals surface area contributed by atoms with Crippen molar-refractivity contribution in [3.8, 4) is 0 Å². The van der Waals surface area contributed by atoms with Crippen LogP contribution in [0.2, 0.25) is 0 Å². The highest BCUT2D eigenvalue weighted by molar-refractivity contribution is 5.90. The number of aryl methyl sites for hydroxylation is 2. The summed E-state index contributed by atoms with van der Waals surface area (Å²) in [5.41, 5.74) is 8.40. The number of anilines is 1. The highest BCUT2D eigenvalue weighted by Crippen LogP contribution is 2.36. The molecule has 1 aromatic rings. The highest BCUT2D eigenvalue weighted by Gasteiger charge is 2.41. The fourth-order valence-electron chi connectivity index (χ4n) is 4.73. The number of amides is 3. The molecule has 2 fully saturated rings. The Hall–Kier alpha value is -2.12. The molecule has 0 spiro atoms. The molecule has 3 rings (SSSR count). The number of nitrogens with two attached hydrogens (primary N) is 1. The SMILES string of the molecule is COCCC1(C(N)=O)CCN(C2CCN(C(=O)Nc3cc(C)ccc3C)CC2)CC1. The van der Waals surface area contributed by atoms with Gasteiger partial charge in [-0.3, -0.25) is 4.79 Å². The number of ether oxygens (including phenoxy) is 1. The van der Waals surface area contributed by atoms with E-state index in [9.17, 15) is 9.59 Å². The lowest BCUT2D eigenvalue weighted by molar-refractivity contribution is -0.132. The highest BCUT2D eigenvalue weighted by atomic mass is 16.5. The van der Waals surface area contributed by atoms with Crippen LogP contribution in [0.1, 0.15) is 43.2 Å². The lowest BCUT2D eigenvalue weighted by Crippen LogP contribution is -2.53. The molecule has 2 heterocycles. The molecule has 0 unspecified atom stereocenters. The first-order valence-corrected chi connectivity index (χ1v) is 11.0. The molecule has 0 radical (unpaired) electrons. The zero-order chi connectivity index (χ0) is 21.7. The number of nitrogens with one attached hydrogen (secondary N) is 1. The van der Waals surface area contributed by atoms with Gasteiger partial charge in [0.2, 0.25) is 5.91 Å². The normalized spacial score (nSPS) is 20.2. The Morgan fingerprint density at radius 2 is 1.83 bits per heavy atom. The van der Waals surface area contributed by atoms with E-state index in [0.717, 1.165) is 68.7 Å². The van der Waals surface area contributed by atoms with Gasteiger partial charge in [-0.2, -0.15) is 0 Å². The number of methoxy groups -OCH3 is 1. The average Bonchev–Trinajstić information content (AvgIpc) is 2.75. The first-order chi connectivity index (χ1) is 14.3.